The van der Waals surface area contributed by atoms with Gasteiger partial charge in [0.25, 0.3) is 0 Å². The van der Waals surface area contributed by atoms with Crippen LogP contribution in [0.2, 0.25) is 0 Å². The van der Waals surface area contributed by atoms with E-state index in [9.17, 15) is 0 Å². The lowest BCUT2D eigenvalue weighted by atomic mass is 9.82. The van der Waals surface area contributed by atoms with Crippen LogP contribution in [0.15, 0.2) is 182 Å². The maximum atomic E-state index is 5.49. The Balaban J connectivity index is 1.07. The van der Waals surface area contributed by atoms with Gasteiger partial charge in [0.05, 0.1) is 33.1 Å². The zero-order chi connectivity index (χ0) is 39.0. The Morgan fingerprint density at radius 3 is 1.95 bits per heavy atom. The minimum absolute atomic E-state index is 0.140. The topological polar surface area (TPSA) is 35.6 Å². The van der Waals surface area contributed by atoms with Crippen molar-refractivity contribution >= 4 is 76.2 Å². The van der Waals surface area contributed by atoms with E-state index in [0.29, 0.717) is 0 Å². The summed E-state index contributed by atoms with van der Waals surface area (Å²) in [7, 11) is 0. The minimum atomic E-state index is -0.140. The molecular formula is C55H36N4. The Hall–Kier alpha value is -7.56. The van der Waals surface area contributed by atoms with Crippen LogP contribution >= 0.6 is 0 Å². The molecule has 12 aromatic rings. The first-order valence-corrected chi connectivity index (χ1v) is 20.4. The fourth-order valence-electron chi connectivity index (χ4n) is 10.3. The molecule has 13 rings (SSSR count). The lowest BCUT2D eigenvalue weighted by molar-refractivity contribution is 0.660. The Labute approximate surface area is 340 Å². The standard InChI is InChI=1S/C55H36N4/c1-55(2)44-18-8-5-15-39(44)40-27-24-35(31-45(40)55)53-54(57-47-20-10-9-19-46(47)56-53)59-48-21-11-6-16-41(48)43-30-34-23-26-37(29-36(34)32-51(43)59)58-49-22-12-7-17-42(49)52-38-14-4-3-13-33(38)25-28-50(52)58/h3-32H,1-2H3. The van der Waals surface area contributed by atoms with E-state index in [1.54, 1.807) is 0 Å². The molecule has 0 spiro atoms. The van der Waals surface area contributed by atoms with E-state index in [4.69, 9.17) is 9.97 Å². The van der Waals surface area contributed by atoms with Gasteiger partial charge >= 0.3 is 0 Å². The van der Waals surface area contributed by atoms with Gasteiger partial charge in [0, 0.05) is 38.2 Å². The lowest BCUT2D eigenvalue weighted by Gasteiger charge is -2.22. The molecule has 0 saturated heterocycles. The quantitative estimate of drug-likeness (QED) is 0.180. The Morgan fingerprint density at radius 2 is 1.08 bits per heavy atom. The average molecular weight is 753 g/mol. The second-order valence-corrected chi connectivity index (χ2v) is 16.6. The number of hydrogen-bond donors (Lipinski definition) is 0. The van der Waals surface area contributed by atoms with Crippen LogP contribution < -0.4 is 0 Å². The van der Waals surface area contributed by atoms with Gasteiger partial charge in [-0.3, -0.25) is 4.57 Å². The summed E-state index contributed by atoms with van der Waals surface area (Å²) in [6, 6.07) is 66.3. The van der Waals surface area contributed by atoms with Crippen LogP contribution in [0.3, 0.4) is 0 Å². The molecule has 0 unspecified atom stereocenters. The Morgan fingerprint density at radius 1 is 0.407 bits per heavy atom. The van der Waals surface area contributed by atoms with Crippen molar-refractivity contribution in [3.63, 3.8) is 0 Å². The number of nitrogens with zero attached hydrogens (tertiary/aromatic N) is 4. The van der Waals surface area contributed by atoms with E-state index in [1.165, 1.54) is 71.0 Å². The Kier molecular flexibility index (Phi) is 6.48. The number of aromatic nitrogens is 4. The molecule has 0 bridgehead atoms. The van der Waals surface area contributed by atoms with Crippen molar-refractivity contribution in [1.82, 2.24) is 19.1 Å². The number of rotatable bonds is 3. The second-order valence-electron chi connectivity index (χ2n) is 16.6. The second kappa shape index (κ2) is 11.7. The molecule has 0 fully saturated rings. The van der Waals surface area contributed by atoms with Crippen LogP contribution in [0, 0.1) is 0 Å². The summed E-state index contributed by atoms with van der Waals surface area (Å²) in [6.45, 7) is 4.67. The highest BCUT2D eigenvalue weighted by Crippen LogP contribution is 2.50. The van der Waals surface area contributed by atoms with E-state index < -0.39 is 0 Å². The highest BCUT2D eigenvalue weighted by atomic mass is 15.1. The van der Waals surface area contributed by atoms with Gasteiger partial charge in [-0.15, -0.1) is 0 Å². The van der Waals surface area contributed by atoms with Crippen molar-refractivity contribution in [2.24, 2.45) is 0 Å². The van der Waals surface area contributed by atoms with Gasteiger partial charge in [0.2, 0.25) is 0 Å². The lowest BCUT2D eigenvalue weighted by Crippen LogP contribution is -2.15. The minimum Gasteiger partial charge on any atom is -0.309 e. The smallest absolute Gasteiger partial charge is 0.165 e. The first kappa shape index (κ1) is 32.5. The van der Waals surface area contributed by atoms with E-state index >= 15 is 0 Å². The molecule has 0 amide bonds. The number of benzene rings is 9. The molecule has 4 heteroatoms. The van der Waals surface area contributed by atoms with Crippen LogP contribution in [0.4, 0.5) is 0 Å². The Bertz CT molecular complexity index is 3770. The molecule has 1 aliphatic rings. The maximum absolute atomic E-state index is 5.49. The third kappa shape index (κ3) is 4.49. The van der Waals surface area contributed by atoms with Crippen LogP contribution in [-0.2, 0) is 5.41 Å². The number of hydrogen-bond acceptors (Lipinski definition) is 2. The molecule has 0 N–H and O–H groups in total. The highest BCUT2D eigenvalue weighted by molar-refractivity contribution is 6.21. The van der Waals surface area contributed by atoms with E-state index in [1.807, 2.05) is 12.1 Å². The number of fused-ring (bicyclic) bond motifs is 13. The summed E-state index contributed by atoms with van der Waals surface area (Å²) in [5, 5.41) is 9.81. The van der Waals surface area contributed by atoms with Crippen molar-refractivity contribution in [2.45, 2.75) is 19.3 Å². The summed E-state index contributed by atoms with van der Waals surface area (Å²) in [5.74, 6) is 0.827. The molecule has 3 aromatic heterocycles. The molecule has 0 radical (unpaired) electrons. The molecule has 4 nitrogen and oxygen atoms in total. The fraction of sp³-hybridized carbons (Fsp3) is 0.0545. The van der Waals surface area contributed by atoms with Crippen LogP contribution in [0.5, 0.6) is 0 Å². The van der Waals surface area contributed by atoms with E-state index in [2.05, 4.69) is 193 Å². The van der Waals surface area contributed by atoms with Crippen molar-refractivity contribution in [2.75, 3.05) is 0 Å². The van der Waals surface area contributed by atoms with Crippen LogP contribution in [0.1, 0.15) is 25.0 Å². The van der Waals surface area contributed by atoms with Gasteiger partial charge in [-0.1, -0.05) is 135 Å². The highest BCUT2D eigenvalue weighted by Gasteiger charge is 2.35. The molecule has 0 saturated carbocycles. The molecule has 1 aliphatic carbocycles. The third-order valence-corrected chi connectivity index (χ3v) is 13.1. The molecule has 0 atom stereocenters. The van der Waals surface area contributed by atoms with Crippen molar-refractivity contribution in [1.29, 1.82) is 0 Å². The fourth-order valence-corrected chi connectivity index (χ4v) is 10.3. The molecular weight excluding hydrogens is 717 g/mol. The summed E-state index contributed by atoms with van der Waals surface area (Å²) in [5.41, 5.74) is 14.6. The van der Waals surface area contributed by atoms with Gasteiger partial charge in [0.1, 0.15) is 5.69 Å². The zero-order valence-electron chi connectivity index (χ0n) is 32.6. The summed E-state index contributed by atoms with van der Waals surface area (Å²) < 4.78 is 4.78. The number of para-hydroxylation sites is 4. The predicted octanol–water partition coefficient (Wildman–Crippen LogP) is 14.1. The molecule has 9 aromatic carbocycles. The van der Waals surface area contributed by atoms with Crippen molar-refractivity contribution < 1.29 is 0 Å². The first-order chi connectivity index (χ1) is 29.0. The maximum Gasteiger partial charge on any atom is 0.165 e. The van der Waals surface area contributed by atoms with Gasteiger partial charge in [-0.25, -0.2) is 9.97 Å². The summed E-state index contributed by atoms with van der Waals surface area (Å²) >= 11 is 0. The van der Waals surface area contributed by atoms with Crippen LogP contribution in [-0.4, -0.2) is 19.1 Å². The van der Waals surface area contributed by atoms with Crippen molar-refractivity contribution in [3.8, 4) is 33.9 Å². The monoisotopic (exact) mass is 752 g/mol. The zero-order valence-corrected chi connectivity index (χ0v) is 32.6. The summed E-state index contributed by atoms with van der Waals surface area (Å²) in [6.07, 6.45) is 0. The largest absolute Gasteiger partial charge is 0.309 e. The van der Waals surface area contributed by atoms with Crippen LogP contribution in [0.25, 0.3) is 110 Å². The van der Waals surface area contributed by atoms with Gasteiger partial charge < -0.3 is 4.57 Å². The predicted molar refractivity (Wildman–Crippen MR) is 246 cm³/mol. The molecule has 3 heterocycles. The van der Waals surface area contributed by atoms with Gasteiger partial charge in [-0.2, -0.15) is 0 Å². The molecule has 59 heavy (non-hydrogen) atoms. The molecule has 0 aliphatic heterocycles. The first-order valence-electron chi connectivity index (χ1n) is 20.4. The van der Waals surface area contributed by atoms with E-state index in [0.717, 1.165) is 50.2 Å². The summed E-state index contributed by atoms with van der Waals surface area (Å²) in [4.78, 5) is 10.9. The van der Waals surface area contributed by atoms with Crippen molar-refractivity contribution in [3.05, 3.63) is 193 Å². The molecule has 276 valence electrons. The normalized spacial score (nSPS) is 13.4. The average Bonchev–Trinajstić information content (AvgIpc) is 3.87. The van der Waals surface area contributed by atoms with Gasteiger partial charge in [0.15, 0.2) is 5.82 Å². The third-order valence-electron chi connectivity index (χ3n) is 13.1. The SMILES string of the molecule is CC1(C)c2ccccc2-c2ccc(-c3nc4ccccc4nc3-n3c4ccccc4c4cc5ccc(-n6c7ccccc7c7c8ccccc8ccc76)cc5cc43)cc21. The van der Waals surface area contributed by atoms with E-state index in [-0.39, 0.29) is 5.41 Å². The van der Waals surface area contributed by atoms with Gasteiger partial charge in [-0.05, 0) is 104 Å².